The fourth-order valence-electron chi connectivity index (χ4n) is 8.33. The Morgan fingerprint density at radius 3 is 1.79 bits per heavy atom. The van der Waals surface area contributed by atoms with Crippen LogP contribution in [0.2, 0.25) is 10.6 Å². The molecule has 0 fully saturated rings. The topological polar surface area (TPSA) is 659 Å². The number of rotatable bonds is 32. The summed E-state index contributed by atoms with van der Waals surface area (Å²) in [6.45, 7) is 0.656. The molecule has 9 aromatic rings. The maximum absolute atomic E-state index is 12.5. The van der Waals surface area contributed by atoms with Gasteiger partial charge in [-0.25, -0.2) is 42.0 Å². The van der Waals surface area contributed by atoms with Crippen LogP contribution in [-0.4, -0.2) is 143 Å². The number of hydrogen-bond acceptors (Lipinski definition) is 40. The molecule has 44 nitrogen and oxygen atoms in total. The molecule has 0 aliphatic carbocycles. The van der Waals surface area contributed by atoms with Crippen LogP contribution >= 0.6 is 59.3 Å². The smallest absolute Gasteiger partial charge is 0.398 e. The summed E-state index contributed by atoms with van der Waals surface area (Å²) in [6, 6.07) is 21.3. The van der Waals surface area contributed by atoms with E-state index < -0.39 is 111 Å². The second-order valence-corrected chi connectivity index (χ2v) is 30.9. The van der Waals surface area contributed by atoms with Gasteiger partial charge in [0.05, 0.1) is 80.2 Å². The van der Waals surface area contributed by atoms with Crippen LogP contribution in [0.3, 0.4) is 0 Å². The molecule has 0 saturated heterocycles. The van der Waals surface area contributed by atoms with Crippen LogP contribution in [0.5, 0.6) is 5.75 Å². The van der Waals surface area contributed by atoms with Crippen LogP contribution in [0.25, 0.3) is 21.5 Å². The molecule has 0 bridgehead atoms. The van der Waals surface area contributed by atoms with Gasteiger partial charge < -0.3 is 32.1 Å². The van der Waals surface area contributed by atoms with Gasteiger partial charge in [-0.3, -0.25) is 22.8 Å². The molecule has 0 saturated carbocycles. The molecular formula is C50H43Cl2N15O29S9. The minimum Gasteiger partial charge on any atom is -0.505 e. The number of fused-ring (bicyclic) bond motifs is 2. The number of phenolic OH excluding ortho intramolecular Hbond substituents is 1. The summed E-state index contributed by atoms with van der Waals surface area (Å²) in [7, 11) is -28.2. The zero-order chi connectivity index (χ0) is 76.8. The quantitative estimate of drug-likeness (QED) is 0.00354. The number of carbonyl (C=O) groups is 1. The third-order valence-electron chi connectivity index (χ3n) is 12.4. The number of nitrogens with one attached hydrogen (secondary N) is 4. The van der Waals surface area contributed by atoms with Crippen molar-refractivity contribution in [2.45, 2.75) is 42.9 Å². The number of aryl methyl sites for hydroxylation is 1. The molecule has 2 amide bonds. The van der Waals surface area contributed by atoms with E-state index in [2.05, 4.69) is 103 Å². The highest BCUT2D eigenvalue weighted by molar-refractivity contribution is 7.95. The number of phenols is 1. The highest BCUT2D eigenvalue weighted by atomic mass is 35.5. The Morgan fingerprint density at radius 1 is 0.571 bits per heavy atom. The maximum Gasteiger partial charge on any atom is 0.398 e. The summed E-state index contributed by atoms with van der Waals surface area (Å²) < 4.78 is 209. The molecule has 0 spiro atoms. The van der Waals surface area contributed by atoms with E-state index in [0.717, 1.165) is 30.3 Å². The summed E-state index contributed by atoms with van der Waals surface area (Å²) in [5.74, 6) is -2.00. The zero-order valence-electron chi connectivity index (χ0n) is 51.4. The molecule has 14 N–H and O–H groups in total. The van der Waals surface area contributed by atoms with E-state index in [-0.39, 0.29) is 111 Å². The standard InChI is InChI=1S/C28H24ClN9O16S5.C22H19ClN6O13S4/c29-25-34-27(31-15-1-4-18(5-2-15)56(41,42)8-7-52-59(49,50)51)36-28(35-25)32-16-3-6-20(21(11-16)33-26(30)39)37-38-22-13-19-14(10-24(22)58(46,47)48)9-17(55-54-53-40)12-23(19)57(43,44)45;1-11-24-21(23)27-22(25-11)26-16-8-15(45(32,33)34)6-13-7-17(44-42-40-31)19(20(30)18(13)16)29-28-14-4-2-12(3-5-14)9-38-41-43-10-39-46(35,36)37/h1-6,9-13,40H,7-8H2,(H3,30,33,39)(H,43,44,45)(H,46,47,48)(H,49,50,51)(H2,31,32,34,35,36);2-8,30-31H,9-10H2,1H3,(H,32,33,34)(H,35,36,37)(H,24,25,26,27). The fraction of sp³-hybridized carbons (Fsp3) is 0.100. The second-order valence-electron chi connectivity index (χ2n) is 19.6. The molecule has 55 heteroatoms. The van der Waals surface area contributed by atoms with Gasteiger partial charge in [0.25, 0.3) is 30.4 Å². The zero-order valence-corrected chi connectivity index (χ0v) is 60.2. The average molecular weight is 1680 g/mol. The van der Waals surface area contributed by atoms with Crippen molar-refractivity contribution in [2.75, 3.05) is 39.6 Å². The first-order valence-corrected chi connectivity index (χ1v) is 39.0. The van der Waals surface area contributed by atoms with E-state index in [4.69, 9.17) is 53.4 Å². The van der Waals surface area contributed by atoms with Crippen LogP contribution < -0.4 is 27.0 Å². The number of nitrogens with zero attached hydrogens (tertiary/aromatic N) is 10. The van der Waals surface area contributed by atoms with E-state index in [1.54, 1.807) is 12.1 Å². The molecule has 2 heterocycles. The monoisotopic (exact) mass is 1670 g/mol. The minimum atomic E-state index is -5.08. The number of primary amides is 1. The van der Waals surface area contributed by atoms with Gasteiger partial charge in [0.2, 0.25) is 28.4 Å². The average Bonchev–Trinajstić information content (AvgIpc) is 0.761. The number of halogens is 2. The van der Waals surface area contributed by atoms with Crippen molar-refractivity contribution in [1.29, 1.82) is 0 Å². The Hall–Kier alpha value is -8.52. The highest BCUT2D eigenvalue weighted by Crippen LogP contribution is 2.48. The Labute approximate surface area is 612 Å². The van der Waals surface area contributed by atoms with Crippen molar-refractivity contribution in [2.24, 2.45) is 26.2 Å². The first-order chi connectivity index (χ1) is 49.2. The van der Waals surface area contributed by atoms with Gasteiger partial charge in [0.15, 0.2) is 15.6 Å². The number of anilines is 7. The van der Waals surface area contributed by atoms with Gasteiger partial charge in [0.1, 0.15) is 45.2 Å². The molecule has 0 atom stereocenters. The first kappa shape index (κ1) is 82.1. The summed E-state index contributed by atoms with van der Waals surface area (Å²) in [4.78, 5) is 38.3. The molecule has 0 aliphatic heterocycles. The number of urea groups is 1. The van der Waals surface area contributed by atoms with Crippen molar-refractivity contribution in [3.05, 3.63) is 131 Å². The number of aromatic nitrogens is 6. The van der Waals surface area contributed by atoms with E-state index in [9.17, 15) is 74.1 Å². The lowest BCUT2D eigenvalue weighted by Gasteiger charge is -2.15. The van der Waals surface area contributed by atoms with Gasteiger partial charge in [0, 0.05) is 27.0 Å². The van der Waals surface area contributed by atoms with Crippen LogP contribution in [0.4, 0.5) is 68.1 Å². The Morgan fingerprint density at radius 2 is 1.18 bits per heavy atom. The van der Waals surface area contributed by atoms with Crippen LogP contribution in [-0.2, 0) is 104 Å². The molecule has 9 rings (SSSR count). The third kappa shape index (κ3) is 24.5. The molecule has 0 unspecified atom stereocenters. The van der Waals surface area contributed by atoms with E-state index in [1.807, 2.05) is 0 Å². The molecular weight excluding hydrogens is 1630 g/mol. The number of hydrogen-bond donors (Lipinski definition) is 13. The van der Waals surface area contributed by atoms with Gasteiger partial charge in [-0.15, -0.1) is 24.0 Å². The van der Waals surface area contributed by atoms with Crippen molar-refractivity contribution in [3.8, 4) is 5.75 Å². The van der Waals surface area contributed by atoms with Crippen molar-refractivity contribution >= 4 is 211 Å². The number of aromatic hydroxyl groups is 1. The Bertz CT molecular complexity index is 5540. The normalized spacial score (nSPS) is 12.4. The summed E-state index contributed by atoms with van der Waals surface area (Å²) in [6.07, 6.45) is 0. The largest absolute Gasteiger partial charge is 0.505 e. The molecule has 0 radical (unpaired) electrons. The maximum atomic E-state index is 12.5. The van der Waals surface area contributed by atoms with Crippen LogP contribution in [0.1, 0.15) is 11.4 Å². The van der Waals surface area contributed by atoms with Gasteiger partial charge in [-0.2, -0.15) is 76.5 Å². The predicted molar refractivity (Wildman–Crippen MR) is 366 cm³/mol. The summed E-state index contributed by atoms with van der Waals surface area (Å²) in [5.41, 5.74) is 5.49. The lowest BCUT2D eigenvalue weighted by Crippen LogP contribution is -2.19. The van der Waals surface area contributed by atoms with Gasteiger partial charge in [-0.1, -0.05) is 22.2 Å². The molecule has 560 valence electrons. The number of benzene rings is 7. The molecule has 105 heavy (non-hydrogen) atoms. The molecule has 0 aliphatic rings. The second kappa shape index (κ2) is 35.3. The van der Waals surface area contributed by atoms with E-state index in [1.165, 1.54) is 73.7 Å². The fourth-order valence-corrected chi connectivity index (χ4v) is 13.9. The number of sulfone groups is 1. The SMILES string of the molecule is Cc1nc(Cl)nc(Nc2cc(S(=O)(=O)O)cc3cc(SOOO)c(N=Nc4ccc(COOSCOS(=O)(=O)O)cc4)c(O)c23)n1.NC(=O)Nc1cc(Nc2nc(Cl)nc(Nc3ccc(S(=O)(=O)CCOS(=O)(=O)O)cc3)n2)ccc1N=Nc1cc2c(S(=O)(=O)O)cc(SOOO)cc2cc1S(=O)(=O)O. The summed E-state index contributed by atoms with van der Waals surface area (Å²) >= 11 is 13.2. The Kier molecular flexibility index (Phi) is 27.6. The van der Waals surface area contributed by atoms with Crippen LogP contribution in [0.15, 0.2) is 159 Å². The third-order valence-corrected chi connectivity index (χ3v) is 19.7. The summed E-state index contributed by atoms with van der Waals surface area (Å²) in [5, 5.41) is 61.5. The molecule has 2 aromatic heterocycles. The van der Waals surface area contributed by atoms with Crippen molar-refractivity contribution in [3.63, 3.8) is 0 Å². The van der Waals surface area contributed by atoms with Crippen LogP contribution in [0, 0.1) is 6.92 Å². The number of carbonyl (C=O) groups excluding carboxylic acids is 1. The first-order valence-electron chi connectivity index (χ1n) is 27.1. The number of nitrogens with two attached hydrogens (primary N) is 1. The molecule has 7 aromatic carbocycles. The predicted octanol–water partition coefficient (Wildman–Crippen LogP) is 9.99. The van der Waals surface area contributed by atoms with E-state index in [0.29, 0.717) is 47.4 Å². The lowest BCUT2D eigenvalue weighted by atomic mass is 10.1. The lowest BCUT2D eigenvalue weighted by molar-refractivity contribution is -0.432. The van der Waals surface area contributed by atoms with Gasteiger partial charge >= 0.3 is 26.8 Å². The van der Waals surface area contributed by atoms with Crippen molar-refractivity contribution in [1.82, 2.24) is 29.9 Å². The number of amides is 2. The van der Waals surface area contributed by atoms with Gasteiger partial charge in [-0.05, 0) is 144 Å². The van der Waals surface area contributed by atoms with E-state index >= 15 is 0 Å². The van der Waals surface area contributed by atoms with Crippen molar-refractivity contribution < 1.29 is 130 Å². The number of azo groups is 2. The Balaban J connectivity index is 0.000000274. The minimum absolute atomic E-state index is 0.00191. The highest BCUT2D eigenvalue weighted by Gasteiger charge is 2.26.